The number of nitrogens with zero attached hydrogens (tertiary/aromatic N) is 3. The highest BCUT2D eigenvalue weighted by molar-refractivity contribution is 6.31. The topological polar surface area (TPSA) is 13.2 Å². The minimum absolute atomic E-state index is 0.0362. The number of benzene rings is 21. The fraction of sp³-hybridized carbons (Fsp3) is 0.191. The first kappa shape index (κ1) is 86.5. The predicted octanol–water partition coefficient (Wildman–Crippen LogP) is 40.1. The molecule has 0 saturated heterocycles. The first-order chi connectivity index (χ1) is 69.5. The lowest BCUT2D eigenvalue weighted by molar-refractivity contribution is 0.660. The molecule has 144 heavy (non-hydrogen) atoms. The normalized spacial score (nSPS) is 14.2. The van der Waals surface area contributed by atoms with E-state index < -0.39 is 0 Å². The van der Waals surface area contributed by atoms with E-state index in [2.05, 4.69) is 484 Å². The molecule has 0 spiro atoms. The summed E-state index contributed by atoms with van der Waals surface area (Å²) in [6, 6.07) is 134. The Balaban J connectivity index is 0.000000105. The molecule has 30 rings (SSSR count). The number of rotatable bonds is 9. The molecule has 21 aromatic carbocycles. The Kier molecular flexibility index (Phi) is 18.5. The molecule has 0 fully saturated rings. The van der Waals surface area contributed by atoms with Crippen LogP contribution in [-0.2, 0) is 16.2 Å². The summed E-state index contributed by atoms with van der Waals surface area (Å²) in [5.74, 6) is 2.96. The molecule has 6 heterocycles. The average Bonchev–Trinajstić information content (AvgIpc) is 1.49. The third kappa shape index (κ3) is 12.4. The molecule has 0 N–H and O–H groups in total. The van der Waals surface area contributed by atoms with Crippen molar-refractivity contribution in [2.45, 2.75) is 176 Å². The maximum Gasteiger partial charge on any atom is 0.0620 e. The number of aromatic nitrogens is 3. The molecule has 6 aromatic heterocycles. The van der Waals surface area contributed by atoms with Crippen molar-refractivity contribution < 1.29 is 0 Å². The summed E-state index contributed by atoms with van der Waals surface area (Å²) >= 11 is 0. The predicted molar refractivity (Wildman–Crippen MR) is 622 cm³/mol. The Morgan fingerprint density at radius 1 is 0.167 bits per heavy atom. The van der Waals surface area contributed by atoms with Crippen molar-refractivity contribution in [1.29, 1.82) is 0 Å². The first-order valence-corrected chi connectivity index (χ1v) is 52.7. The van der Waals surface area contributed by atoms with E-state index in [1.54, 1.807) is 0 Å². The smallest absolute Gasteiger partial charge is 0.0620 e. The molecule has 3 aliphatic carbocycles. The van der Waals surface area contributed by atoms with Crippen molar-refractivity contribution in [2.24, 2.45) is 0 Å². The molecule has 3 heteroatoms. The van der Waals surface area contributed by atoms with Gasteiger partial charge in [-0.2, -0.15) is 0 Å². The number of fused-ring (bicyclic) bond motifs is 33. The Labute approximate surface area is 841 Å². The molecule has 0 aliphatic heterocycles. The molecular formula is C141H117N3. The van der Waals surface area contributed by atoms with Crippen LogP contribution in [0.5, 0.6) is 0 Å². The van der Waals surface area contributed by atoms with Crippen LogP contribution in [0, 0.1) is 0 Å². The van der Waals surface area contributed by atoms with E-state index in [9.17, 15) is 0 Å². The molecule has 0 saturated carbocycles. The summed E-state index contributed by atoms with van der Waals surface area (Å²) in [6.07, 6.45) is 0. The van der Waals surface area contributed by atoms with Crippen molar-refractivity contribution >= 4 is 179 Å². The highest BCUT2D eigenvalue weighted by atomic mass is 14.9. The molecule has 0 atom stereocenters. The molecule has 3 aliphatic rings. The minimum Gasteiger partial charge on any atom is -0.308 e. The molecule has 0 bridgehead atoms. The molecular weight excluding hydrogens is 1740 g/mol. The molecule has 0 amide bonds. The zero-order chi connectivity index (χ0) is 97.9. The van der Waals surface area contributed by atoms with Crippen molar-refractivity contribution in [3.8, 4) is 66.8 Å². The van der Waals surface area contributed by atoms with Crippen LogP contribution in [0.4, 0.5) is 0 Å². The second kappa shape index (κ2) is 30.8. The van der Waals surface area contributed by atoms with Gasteiger partial charge in [-0.05, 0) is 349 Å². The Morgan fingerprint density at radius 2 is 0.424 bits per heavy atom. The number of hydrogen-bond acceptors (Lipinski definition) is 0. The maximum atomic E-state index is 2.56. The van der Waals surface area contributed by atoms with E-state index >= 15 is 0 Å². The third-order valence-electron chi connectivity index (χ3n) is 34.8. The van der Waals surface area contributed by atoms with Gasteiger partial charge in [-0.15, -0.1) is 0 Å². The second-order valence-electron chi connectivity index (χ2n) is 46.3. The monoisotopic (exact) mass is 1850 g/mol. The lowest BCUT2D eigenvalue weighted by Crippen LogP contribution is -2.16. The Morgan fingerprint density at radius 3 is 0.771 bits per heavy atom. The molecule has 27 aromatic rings. The highest BCUT2D eigenvalue weighted by Crippen LogP contribution is 2.58. The molecule has 0 radical (unpaired) electrons. The lowest BCUT2D eigenvalue weighted by Gasteiger charge is -2.24. The van der Waals surface area contributed by atoms with Gasteiger partial charge in [-0.3, -0.25) is 0 Å². The first-order valence-electron chi connectivity index (χ1n) is 52.7. The van der Waals surface area contributed by atoms with Gasteiger partial charge in [0.2, 0.25) is 0 Å². The van der Waals surface area contributed by atoms with E-state index in [-0.39, 0.29) is 16.2 Å². The van der Waals surface area contributed by atoms with Gasteiger partial charge in [0.05, 0.1) is 49.7 Å². The van der Waals surface area contributed by atoms with Crippen LogP contribution >= 0.6 is 0 Å². The van der Waals surface area contributed by atoms with E-state index in [1.807, 2.05) is 0 Å². The van der Waals surface area contributed by atoms with Gasteiger partial charge < -0.3 is 13.2 Å². The van der Waals surface area contributed by atoms with Crippen LogP contribution in [0.3, 0.4) is 0 Å². The molecule has 0 unspecified atom stereocenters. The van der Waals surface area contributed by atoms with Crippen LogP contribution in [0.25, 0.3) is 246 Å². The quantitative estimate of drug-likeness (QED) is 0.137. The summed E-state index contributed by atoms with van der Waals surface area (Å²) in [6.45, 7) is 41.7. The minimum atomic E-state index is -0.0867. The summed E-state index contributed by atoms with van der Waals surface area (Å²) < 4.78 is 7.66. The standard InChI is InChI=1S/3C47H39N/c1-26(2)28-14-16-30-24-43-38(20-32(30)18-28)40-22-34(35-11-9-12-37-36-10-7-8-13-42(36)47(5,6)45(35)37)23-41-39-21-33-19-29(27(3)4)15-17-31(33)25-44(39)48(43)46(40)41;1-26(2)28-14-16-30-24-43-37(20-32(30)18-28)39-22-34(35-11-9-13-42-45(35)36-10-7-8-12-41(36)47(42,5)6)23-40-38-21-33-19-29(27(3)4)15-17-31(33)25-44(38)48(43)46(39)40;1-26(2)28-11-13-31-24-44-38(19-33(31)17-28)40-21-35(30-15-16-37-36-9-7-8-10-42(36)47(5,6)43(37)23-30)22-41-39-20-34-18-29(27(3)4)12-14-32(34)25-45(39)48(44)46(40)41/h3*7-27H,1-6H3. The van der Waals surface area contributed by atoms with Gasteiger partial charge in [0, 0.05) is 80.9 Å². The molecule has 3 nitrogen and oxygen atoms in total. The van der Waals surface area contributed by atoms with Crippen molar-refractivity contribution in [2.75, 3.05) is 0 Å². The van der Waals surface area contributed by atoms with Gasteiger partial charge in [0.25, 0.3) is 0 Å². The Hall–Kier alpha value is -15.4. The second-order valence-corrected chi connectivity index (χ2v) is 46.3. The van der Waals surface area contributed by atoms with E-state index in [4.69, 9.17) is 0 Å². The zero-order valence-electron chi connectivity index (χ0n) is 85.7. The van der Waals surface area contributed by atoms with Crippen LogP contribution < -0.4 is 0 Å². The fourth-order valence-corrected chi connectivity index (χ4v) is 26.8. The van der Waals surface area contributed by atoms with Crippen molar-refractivity contribution in [3.05, 3.63) is 413 Å². The lowest BCUT2D eigenvalue weighted by atomic mass is 9.78. The SMILES string of the molecule is CC(C)c1ccc2cc3c(cc2c1)c1cc(-c2ccc4c(c2)C(C)(C)c2ccccc2-4)cc2c4cc5cc(C(C)C)ccc5cc4n3c12.CC(C)c1ccc2cc3c(cc2c1)c1cc(-c2cccc4c2-c2ccccc2C4(C)C)cc2c4cc5cc(C(C)C)ccc5cc4n3c12.CC(C)c1ccc2cc3c(cc2c1)c1cc(-c2cccc4c2C(C)(C)c2ccccc2-4)cc2c4cc5cc(C(C)C)ccc5cc4n3c12. The van der Waals surface area contributed by atoms with Gasteiger partial charge >= 0.3 is 0 Å². The van der Waals surface area contributed by atoms with Gasteiger partial charge in [0.1, 0.15) is 0 Å². The average molecular weight is 1850 g/mol. The van der Waals surface area contributed by atoms with Crippen LogP contribution in [0.15, 0.2) is 346 Å². The van der Waals surface area contributed by atoms with E-state index in [1.165, 1.54) is 312 Å². The molecule has 696 valence electrons. The summed E-state index contributed by atoms with van der Waals surface area (Å²) in [5, 5.41) is 31.7. The van der Waals surface area contributed by atoms with Crippen LogP contribution in [0.1, 0.15) is 227 Å². The summed E-state index contributed by atoms with van der Waals surface area (Å²) in [4.78, 5) is 0. The van der Waals surface area contributed by atoms with Gasteiger partial charge in [-0.1, -0.05) is 355 Å². The van der Waals surface area contributed by atoms with Gasteiger partial charge in [-0.25, -0.2) is 0 Å². The van der Waals surface area contributed by atoms with Gasteiger partial charge in [0.15, 0.2) is 0 Å². The number of hydrogen-bond donors (Lipinski definition) is 0. The highest BCUT2D eigenvalue weighted by Gasteiger charge is 2.41. The van der Waals surface area contributed by atoms with Crippen molar-refractivity contribution in [3.63, 3.8) is 0 Å². The third-order valence-corrected chi connectivity index (χ3v) is 34.8. The van der Waals surface area contributed by atoms with Crippen LogP contribution in [0.2, 0.25) is 0 Å². The van der Waals surface area contributed by atoms with E-state index in [0.29, 0.717) is 35.5 Å². The fourth-order valence-electron chi connectivity index (χ4n) is 26.8. The summed E-state index contributed by atoms with van der Waals surface area (Å²) in [7, 11) is 0. The zero-order valence-corrected chi connectivity index (χ0v) is 85.7. The van der Waals surface area contributed by atoms with Crippen molar-refractivity contribution in [1.82, 2.24) is 13.2 Å². The summed E-state index contributed by atoms with van der Waals surface area (Å²) in [5.41, 5.74) is 44.5. The Bertz CT molecular complexity index is 9850. The maximum absolute atomic E-state index is 2.56. The largest absolute Gasteiger partial charge is 0.308 e. The van der Waals surface area contributed by atoms with E-state index in [0.717, 1.165) is 0 Å². The van der Waals surface area contributed by atoms with Crippen LogP contribution in [-0.4, -0.2) is 13.2 Å².